The molecule has 0 saturated carbocycles. The first-order valence-electron chi connectivity index (χ1n) is 12.0. The molecule has 1 aromatic heterocycles. The second kappa shape index (κ2) is 10.2. The zero-order chi connectivity index (χ0) is 25.2. The molecule has 36 heavy (non-hydrogen) atoms. The normalized spacial score (nSPS) is 17.9. The average molecular weight is 495 g/mol. The van der Waals surface area contributed by atoms with Crippen molar-refractivity contribution >= 4 is 16.9 Å². The van der Waals surface area contributed by atoms with Gasteiger partial charge in [0.05, 0.1) is 51.5 Å². The topological polar surface area (TPSA) is 90.7 Å². The SMILES string of the molecule is COc1ccc2c(=O)c3c(oc2c1)C(=O)N(CCCN1CCOCC1)[C@@H]3c1ccc(OC)c(OC)c1. The highest BCUT2D eigenvalue weighted by molar-refractivity contribution is 5.99. The smallest absolute Gasteiger partial charge is 0.290 e. The second-order valence-electron chi connectivity index (χ2n) is 8.86. The highest BCUT2D eigenvalue weighted by Crippen LogP contribution is 2.41. The Bertz CT molecular complexity index is 1330. The van der Waals surface area contributed by atoms with Gasteiger partial charge in [-0.3, -0.25) is 14.5 Å². The monoisotopic (exact) mass is 494 g/mol. The number of ether oxygens (including phenoxy) is 4. The van der Waals surface area contributed by atoms with Crippen LogP contribution in [-0.4, -0.2) is 76.4 Å². The third-order valence-electron chi connectivity index (χ3n) is 6.88. The van der Waals surface area contributed by atoms with Gasteiger partial charge in [0.1, 0.15) is 11.3 Å². The predicted octanol–water partition coefficient (Wildman–Crippen LogP) is 3.09. The van der Waals surface area contributed by atoms with E-state index in [9.17, 15) is 9.59 Å². The lowest BCUT2D eigenvalue weighted by Gasteiger charge is -2.29. The Hall–Kier alpha value is -3.56. The van der Waals surface area contributed by atoms with E-state index in [0.717, 1.165) is 44.8 Å². The zero-order valence-corrected chi connectivity index (χ0v) is 20.7. The van der Waals surface area contributed by atoms with Crippen molar-refractivity contribution in [3.63, 3.8) is 0 Å². The molecule has 1 saturated heterocycles. The average Bonchev–Trinajstić information content (AvgIpc) is 3.20. The van der Waals surface area contributed by atoms with Crippen molar-refractivity contribution in [3.05, 3.63) is 63.5 Å². The molecular weight excluding hydrogens is 464 g/mol. The number of hydrogen-bond donors (Lipinski definition) is 0. The fourth-order valence-corrected chi connectivity index (χ4v) is 5.02. The van der Waals surface area contributed by atoms with Crippen LogP contribution in [-0.2, 0) is 4.74 Å². The number of rotatable bonds is 8. The van der Waals surface area contributed by atoms with Crippen molar-refractivity contribution in [2.45, 2.75) is 12.5 Å². The molecule has 0 N–H and O–H groups in total. The molecule has 1 amide bonds. The van der Waals surface area contributed by atoms with Gasteiger partial charge in [-0.2, -0.15) is 0 Å². The summed E-state index contributed by atoms with van der Waals surface area (Å²) in [5, 5.41) is 0.406. The van der Waals surface area contributed by atoms with E-state index in [1.165, 1.54) is 0 Å². The highest BCUT2D eigenvalue weighted by Gasteiger charge is 2.42. The molecule has 1 fully saturated rings. The van der Waals surface area contributed by atoms with Gasteiger partial charge in [0.15, 0.2) is 16.9 Å². The van der Waals surface area contributed by atoms with Gasteiger partial charge >= 0.3 is 0 Å². The maximum absolute atomic E-state index is 13.7. The fourth-order valence-electron chi connectivity index (χ4n) is 5.02. The molecule has 190 valence electrons. The Balaban J connectivity index is 1.57. The van der Waals surface area contributed by atoms with E-state index in [-0.39, 0.29) is 17.1 Å². The summed E-state index contributed by atoms with van der Waals surface area (Å²) in [5.74, 6) is 1.43. The molecule has 2 aliphatic rings. The van der Waals surface area contributed by atoms with E-state index in [4.69, 9.17) is 23.4 Å². The number of carbonyl (C=O) groups excluding carboxylic acids is 1. The van der Waals surface area contributed by atoms with Crippen molar-refractivity contribution in [1.82, 2.24) is 9.80 Å². The van der Waals surface area contributed by atoms with E-state index in [1.807, 2.05) is 12.1 Å². The maximum atomic E-state index is 13.7. The summed E-state index contributed by atoms with van der Waals surface area (Å²) in [6.07, 6.45) is 0.755. The molecule has 5 rings (SSSR count). The lowest BCUT2D eigenvalue weighted by atomic mass is 9.98. The van der Waals surface area contributed by atoms with Crippen LogP contribution in [0.4, 0.5) is 0 Å². The molecule has 3 aromatic rings. The summed E-state index contributed by atoms with van der Waals surface area (Å²) in [4.78, 5) is 31.5. The first-order chi connectivity index (χ1) is 17.5. The van der Waals surface area contributed by atoms with Gasteiger partial charge in [-0.05, 0) is 36.2 Å². The van der Waals surface area contributed by atoms with Gasteiger partial charge in [-0.25, -0.2) is 0 Å². The molecule has 0 radical (unpaired) electrons. The lowest BCUT2D eigenvalue weighted by molar-refractivity contribution is 0.0353. The first-order valence-corrected chi connectivity index (χ1v) is 12.0. The van der Waals surface area contributed by atoms with Crippen LogP contribution < -0.4 is 19.6 Å². The van der Waals surface area contributed by atoms with Crippen LogP contribution in [0.3, 0.4) is 0 Å². The first kappa shape index (κ1) is 24.1. The Morgan fingerprint density at radius 3 is 2.42 bits per heavy atom. The minimum atomic E-state index is -0.597. The molecule has 0 bridgehead atoms. The number of carbonyl (C=O) groups is 1. The van der Waals surface area contributed by atoms with Crippen LogP contribution in [0, 0.1) is 0 Å². The minimum absolute atomic E-state index is 0.0758. The third kappa shape index (κ3) is 4.29. The Labute approximate surface area is 209 Å². The standard InChI is InChI=1S/C27H30N2O7/c1-32-18-6-7-19-21(16-18)36-26-23(25(19)30)24(17-5-8-20(33-2)22(15-17)34-3)29(27(26)31)10-4-9-28-11-13-35-14-12-28/h5-8,15-16,24H,4,9-14H2,1-3H3/t24-/m1/s1. The third-order valence-corrected chi connectivity index (χ3v) is 6.88. The number of benzene rings is 2. The zero-order valence-electron chi connectivity index (χ0n) is 20.7. The van der Waals surface area contributed by atoms with Gasteiger partial charge in [-0.15, -0.1) is 0 Å². The van der Waals surface area contributed by atoms with Gasteiger partial charge in [0, 0.05) is 32.2 Å². The van der Waals surface area contributed by atoms with Crippen molar-refractivity contribution in [3.8, 4) is 17.2 Å². The molecule has 0 aliphatic carbocycles. The van der Waals surface area contributed by atoms with Crippen LogP contribution in [0.5, 0.6) is 17.2 Å². The minimum Gasteiger partial charge on any atom is -0.497 e. The van der Waals surface area contributed by atoms with Crippen molar-refractivity contribution in [2.75, 3.05) is 60.7 Å². The number of amides is 1. The van der Waals surface area contributed by atoms with E-state index in [0.29, 0.717) is 40.3 Å². The highest BCUT2D eigenvalue weighted by atomic mass is 16.5. The Kier molecular flexibility index (Phi) is 6.84. The van der Waals surface area contributed by atoms with Crippen LogP contribution in [0.1, 0.15) is 34.1 Å². The lowest BCUT2D eigenvalue weighted by Crippen LogP contribution is -2.38. The van der Waals surface area contributed by atoms with Crippen molar-refractivity contribution in [1.29, 1.82) is 0 Å². The largest absolute Gasteiger partial charge is 0.497 e. The number of morpholine rings is 1. The molecule has 1 atom stereocenters. The number of nitrogens with zero attached hydrogens (tertiary/aromatic N) is 2. The summed E-state index contributed by atoms with van der Waals surface area (Å²) in [6.45, 7) is 4.50. The van der Waals surface area contributed by atoms with Crippen LogP contribution in [0.25, 0.3) is 11.0 Å². The summed E-state index contributed by atoms with van der Waals surface area (Å²) >= 11 is 0. The van der Waals surface area contributed by atoms with Gasteiger partial charge < -0.3 is 28.3 Å². The molecule has 0 spiro atoms. The van der Waals surface area contributed by atoms with Gasteiger partial charge in [0.25, 0.3) is 5.91 Å². The number of fused-ring (bicyclic) bond motifs is 2. The van der Waals surface area contributed by atoms with Crippen molar-refractivity contribution < 1.29 is 28.2 Å². The number of hydrogen-bond acceptors (Lipinski definition) is 8. The van der Waals surface area contributed by atoms with E-state index < -0.39 is 6.04 Å². The van der Waals surface area contributed by atoms with E-state index in [2.05, 4.69) is 4.90 Å². The van der Waals surface area contributed by atoms with Crippen LogP contribution in [0.15, 0.2) is 45.6 Å². The summed E-state index contributed by atoms with van der Waals surface area (Å²) in [6, 6.07) is 9.90. The summed E-state index contributed by atoms with van der Waals surface area (Å²) < 4.78 is 27.7. The number of methoxy groups -OCH3 is 3. The summed E-state index contributed by atoms with van der Waals surface area (Å²) in [7, 11) is 4.67. The van der Waals surface area contributed by atoms with Gasteiger partial charge in [0.2, 0.25) is 5.76 Å². The quantitative estimate of drug-likeness (QED) is 0.472. The molecule has 2 aromatic carbocycles. The maximum Gasteiger partial charge on any atom is 0.290 e. The Morgan fingerprint density at radius 2 is 1.69 bits per heavy atom. The summed E-state index contributed by atoms with van der Waals surface area (Å²) in [5.41, 5.74) is 1.20. The predicted molar refractivity (Wildman–Crippen MR) is 133 cm³/mol. The fraction of sp³-hybridized carbons (Fsp3) is 0.407. The Morgan fingerprint density at radius 1 is 0.917 bits per heavy atom. The molecule has 9 heteroatoms. The van der Waals surface area contributed by atoms with E-state index in [1.54, 1.807) is 50.5 Å². The van der Waals surface area contributed by atoms with Crippen LogP contribution >= 0.6 is 0 Å². The molecule has 0 unspecified atom stereocenters. The molecular formula is C27H30N2O7. The van der Waals surface area contributed by atoms with E-state index >= 15 is 0 Å². The second-order valence-corrected chi connectivity index (χ2v) is 8.86. The van der Waals surface area contributed by atoms with Gasteiger partial charge in [-0.1, -0.05) is 6.07 Å². The van der Waals surface area contributed by atoms with Crippen molar-refractivity contribution in [2.24, 2.45) is 0 Å². The molecule has 2 aliphatic heterocycles. The molecule has 9 nitrogen and oxygen atoms in total. The van der Waals surface area contributed by atoms with Crippen LogP contribution in [0.2, 0.25) is 0 Å². The molecule has 3 heterocycles.